The van der Waals surface area contributed by atoms with E-state index in [4.69, 9.17) is 28.6 Å². The van der Waals surface area contributed by atoms with Gasteiger partial charge in [0.05, 0.1) is 11.2 Å². The van der Waals surface area contributed by atoms with Gasteiger partial charge in [0.2, 0.25) is 0 Å². The van der Waals surface area contributed by atoms with E-state index < -0.39 is 5.97 Å². The Kier molecular flexibility index (Phi) is 6.57. The molecule has 0 bridgehead atoms. The molecular weight excluding hydrogens is 450 g/mol. The van der Waals surface area contributed by atoms with Crippen molar-refractivity contribution in [3.05, 3.63) is 94.3 Å². The second-order valence-electron chi connectivity index (χ2n) is 6.39. The Hall–Kier alpha value is -3.26. The number of thiocarbonyl (C=S) groups is 1. The van der Waals surface area contributed by atoms with Crippen LogP contribution in [0.25, 0.3) is 10.1 Å². The Balaban J connectivity index is 1.34. The van der Waals surface area contributed by atoms with Gasteiger partial charge in [-0.25, -0.2) is 4.79 Å². The molecule has 0 fully saturated rings. The van der Waals surface area contributed by atoms with Crippen LogP contribution in [-0.4, -0.2) is 17.3 Å². The highest BCUT2D eigenvalue weighted by Crippen LogP contribution is 2.35. The zero-order valence-corrected chi connectivity index (χ0v) is 18.4. The molecule has 0 aliphatic heterocycles. The Bertz CT molecular complexity index is 1260. The first kappa shape index (κ1) is 21.0. The smallest absolute Gasteiger partial charge is 0.355 e. The van der Waals surface area contributed by atoms with Gasteiger partial charge in [-0.2, -0.15) is 5.10 Å². The van der Waals surface area contributed by atoms with Crippen LogP contribution in [0, 0.1) is 0 Å². The van der Waals surface area contributed by atoms with E-state index in [-0.39, 0.29) is 0 Å². The number of halogens is 1. The summed E-state index contributed by atoms with van der Waals surface area (Å²) in [6.45, 7) is 0. The molecule has 0 aliphatic rings. The minimum absolute atomic E-state index is 0.383. The molecule has 0 atom stereocenters. The fourth-order valence-electron chi connectivity index (χ4n) is 2.77. The minimum atomic E-state index is -0.480. The van der Waals surface area contributed by atoms with E-state index in [1.165, 1.54) is 11.3 Å². The van der Waals surface area contributed by atoms with Gasteiger partial charge in [-0.1, -0.05) is 48.0 Å². The second kappa shape index (κ2) is 9.70. The molecule has 154 valence electrons. The third-order valence-corrected chi connectivity index (χ3v) is 6.07. The summed E-state index contributed by atoms with van der Waals surface area (Å²) in [5.74, 6) is -0.0588. The molecule has 8 heteroatoms. The number of carbonyl (C=O) groups excluding carboxylic acids is 1. The number of anilines is 1. The fraction of sp³-hybridized carbons (Fsp3) is 0. The molecule has 4 rings (SSSR count). The summed E-state index contributed by atoms with van der Waals surface area (Å²) >= 11 is 12.9. The third-order valence-electron chi connectivity index (χ3n) is 4.22. The van der Waals surface area contributed by atoms with Crippen molar-refractivity contribution >= 4 is 68.2 Å². The van der Waals surface area contributed by atoms with Gasteiger partial charge in [-0.05, 0) is 60.2 Å². The predicted octanol–water partition coefficient (Wildman–Crippen LogP) is 6.09. The Labute approximate surface area is 193 Å². The van der Waals surface area contributed by atoms with Crippen molar-refractivity contribution in [3.8, 4) is 5.75 Å². The third kappa shape index (κ3) is 5.27. The highest BCUT2D eigenvalue weighted by Gasteiger charge is 2.18. The van der Waals surface area contributed by atoms with E-state index in [1.54, 1.807) is 30.5 Å². The quantitative estimate of drug-likeness (QED) is 0.123. The van der Waals surface area contributed by atoms with Gasteiger partial charge in [-0.3, -0.25) is 5.43 Å². The van der Waals surface area contributed by atoms with E-state index in [1.807, 2.05) is 54.6 Å². The van der Waals surface area contributed by atoms with Crippen molar-refractivity contribution in [1.82, 2.24) is 5.43 Å². The lowest BCUT2D eigenvalue weighted by molar-refractivity contribution is 0.0740. The van der Waals surface area contributed by atoms with Gasteiger partial charge in [-0.15, -0.1) is 11.3 Å². The van der Waals surface area contributed by atoms with Crippen molar-refractivity contribution in [2.75, 3.05) is 5.32 Å². The lowest BCUT2D eigenvalue weighted by atomic mass is 10.2. The first-order valence-corrected chi connectivity index (χ1v) is 10.8. The number of esters is 1. The molecule has 0 amide bonds. The number of fused-ring (bicyclic) bond motifs is 1. The number of para-hydroxylation sites is 1. The van der Waals surface area contributed by atoms with Crippen LogP contribution in [0.3, 0.4) is 0 Å². The molecule has 0 saturated heterocycles. The molecule has 31 heavy (non-hydrogen) atoms. The molecule has 1 aromatic heterocycles. The highest BCUT2D eigenvalue weighted by molar-refractivity contribution is 7.80. The maximum atomic E-state index is 12.5. The number of hydrazone groups is 1. The number of ether oxygens (including phenoxy) is 1. The van der Waals surface area contributed by atoms with Gasteiger partial charge in [0.25, 0.3) is 0 Å². The molecule has 1 heterocycles. The normalized spacial score (nSPS) is 10.9. The SMILES string of the molecule is O=C(Oc1ccc(/C=N/NC(=S)Nc2ccccc2)cc1)c1sc2ccccc2c1Cl. The highest BCUT2D eigenvalue weighted by atomic mass is 35.5. The first-order chi connectivity index (χ1) is 15.1. The van der Waals surface area contributed by atoms with Crippen molar-refractivity contribution in [3.63, 3.8) is 0 Å². The summed E-state index contributed by atoms with van der Waals surface area (Å²) in [5, 5.41) is 8.78. The van der Waals surface area contributed by atoms with Gasteiger partial charge in [0, 0.05) is 15.8 Å². The van der Waals surface area contributed by atoms with Crippen LogP contribution in [0.4, 0.5) is 5.69 Å². The molecular formula is C23H16ClN3O2S2. The van der Waals surface area contributed by atoms with Gasteiger partial charge in [0.1, 0.15) is 10.6 Å². The summed E-state index contributed by atoms with van der Waals surface area (Å²) in [6, 6.07) is 24.1. The second-order valence-corrected chi connectivity index (χ2v) is 8.23. The van der Waals surface area contributed by atoms with Crippen LogP contribution in [0.2, 0.25) is 5.02 Å². The number of hydrogen-bond acceptors (Lipinski definition) is 5. The summed E-state index contributed by atoms with van der Waals surface area (Å²) < 4.78 is 6.41. The molecule has 2 N–H and O–H groups in total. The van der Waals surface area contributed by atoms with Crippen molar-refractivity contribution < 1.29 is 9.53 Å². The molecule has 4 aromatic rings. The molecule has 0 radical (unpaired) electrons. The van der Waals surface area contributed by atoms with Crippen molar-refractivity contribution in [2.24, 2.45) is 5.10 Å². The maximum absolute atomic E-state index is 12.5. The van der Waals surface area contributed by atoms with Crippen LogP contribution in [-0.2, 0) is 0 Å². The van der Waals surface area contributed by atoms with Gasteiger partial charge < -0.3 is 10.1 Å². The number of thiophene rings is 1. The summed E-state index contributed by atoms with van der Waals surface area (Å²) in [6.07, 6.45) is 1.62. The van der Waals surface area contributed by atoms with Gasteiger partial charge >= 0.3 is 5.97 Å². The maximum Gasteiger partial charge on any atom is 0.355 e. The van der Waals surface area contributed by atoms with E-state index in [0.717, 1.165) is 21.3 Å². The molecule has 0 unspecified atom stereocenters. The molecule has 0 saturated carbocycles. The zero-order chi connectivity index (χ0) is 21.6. The Morgan fingerprint density at radius 3 is 2.45 bits per heavy atom. The number of rotatable bonds is 5. The Morgan fingerprint density at radius 1 is 1.00 bits per heavy atom. The standard InChI is InChI=1S/C23H16ClN3O2S2/c24-20-18-8-4-5-9-19(18)31-21(20)22(28)29-17-12-10-15(11-13-17)14-25-27-23(30)26-16-6-2-1-3-7-16/h1-14H,(H2,26,27,30)/b25-14+. The van der Waals surface area contributed by atoms with Crippen LogP contribution in [0.1, 0.15) is 15.2 Å². The monoisotopic (exact) mass is 465 g/mol. The average Bonchev–Trinajstić information content (AvgIpc) is 3.12. The van der Waals surface area contributed by atoms with Gasteiger partial charge in [0.15, 0.2) is 5.11 Å². The largest absolute Gasteiger partial charge is 0.422 e. The molecule has 0 spiro atoms. The van der Waals surface area contributed by atoms with E-state index in [9.17, 15) is 4.79 Å². The molecule has 0 aliphatic carbocycles. The van der Waals surface area contributed by atoms with Crippen LogP contribution in [0.5, 0.6) is 5.75 Å². The summed E-state index contributed by atoms with van der Waals surface area (Å²) in [5.41, 5.74) is 4.45. The summed E-state index contributed by atoms with van der Waals surface area (Å²) in [7, 11) is 0. The summed E-state index contributed by atoms with van der Waals surface area (Å²) in [4.78, 5) is 12.9. The zero-order valence-electron chi connectivity index (χ0n) is 16.0. The average molecular weight is 466 g/mol. The number of carbonyl (C=O) groups is 1. The first-order valence-electron chi connectivity index (χ1n) is 9.24. The lowest BCUT2D eigenvalue weighted by Gasteiger charge is -2.06. The topological polar surface area (TPSA) is 62.7 Å². The molecule has 3 aromatic carbocycles. The number of nitrogens with one attached hydrogen (secondary N) is 2. The van der Waals surface area contributed by atoms with E-state index in [0.29, 0.717) is 20.8 Å². The minimum Gasteiger partial charge on any atom is -0.422 e. The molecule has 5 nitrogen and oxygen atoms in total. The van der Waals surface area contributed by atoms with Crippen LogP contribution in [0.15, 0.2) is 84.0 Å². The van der Waals surface area contributed by atoms with Crippen molar-refractivity contribution in [2.45, 2.75) is 0 Å². The fourth-order valence-corrected chi connectivity index (χ4v) is 4.32. The number of benzene rings is 3. The predicted molar refractivity (Wildman–Crippen MR) is 132 cm³/mol. The lowest BCUT2D eigenvalue weighted by Crippen LogP contribution is -2.23. The number of nitrogens with zero attached hydrogens (tertiary/aromatic N) is 1. The van der Waals surface area contributed by atoms with E-state index >= 15 is 0 Å². The number of hydrogen-bond donors (Lipinski definition) is 2. The van der Waals surface area contributed by atoms with Crippen LogP contribution < -0.4 is 15.5 Å². The van der Waals surface area contributed by atoms with E-state index in [2.05, 4.69) is 15.8 Å². The Morgan fingerprint density at radius 2 is 1.71 bits per heavy atom. The van der Waals surface area contributed by atoms with Crippen LogP contribution >= 0.6 is 35.2 Å². The van der Waals surface area contributed by atoms with Crippen molar-refractivity contribution in [1.29, 1.82) is 0 Å².